The lowest BCUT2D eigenvalue weighted by Crippen LogP contribution is -2.17. The lowest BCUT2D eigenvalue weighted by molar-refractivity contribution is -0.138. The summed E-state index contributed by atoms with van der Waals surface area (Å²) in [5, 5.41) is 8.84. The second-order valence-electron chi connectivity index (χ2n) is 4.01. The van der Waals surface area contributed by atoms with Crippen LogP contribution < -0.4 is 0 Å². The number of aliphatic carboxylic acids is 1. The molecule has 1 N–H and O–H groups in total. The van der Waals surface area contributed by atoms with Crippen LogP contribution in [0.3, 0.4) is 0 Å². The summed E-state index contributed by atoms with van der Waals surface area (Å²) in [6.07, 6.45) is 1.33. The van der Waals surface area contributed by atoms with E-state index in [-0.39, 0.29) is 13.0 Å². The van der Waals surface area contributed by atoms with E-state index in [1.54, 1.807) is 22.9 Å². The minimum Gasteiger partial charge on any atom is -0.481 e. The van der Waals surface area contributed by atoms with Crippen molar-refractivity contribution in [1.82, 2.24) is 4.57 Å². The summed E-state index contributed by atoms with van der Waals surface area (Å²) in [6, 6.07) is 3.31. The molecule has 0 aliphatic carbocycles. The minimum absolute atomic E-state index is 0.128. The molecule has 1 atom stereocenters. The molecule has 0 bridgehead atoms. The van der Waals surface area contributed by atoms with Crippen LogP contribution in [0.2, 0.25) is 0 Å². The molecule has 16 heavy (non-hydrogen) atoms. The molecular weight excluding hydrogens is 216 g/mol. The van der Waals surface area contributed by atoms with Crippen LogP contribution in [0, 0.1) is 0 Å². The third kappa shape index (κ3) is 3.32. The number of carboxylic acids is 1. The second kappa shape index (κ2) is 4.63. The number of alkyl halides is 2. The van der Waals surface area contributed by atoms with Gasteiger partial charge in [-0.15, -0.1) is 0 Å². The molecule has 0 aliphatic rings. The van der Waals surface area contributed by atoms with Gasteiger partial charge >= 0.3 is 5.97 Å². The summed E-state index contributed by atoms with van der Waals surface area (Å²) >= 11 is 0. The first-order chi connectivity index (χ1) is 7.31. The largest absolute Gasteiger partial charge is 0.481 e. The molecule has 1 aromatic heterocycles. The Balaban J connectivity index is 2.75. The topological polar surface area (TPSA) is 42.2 Å². The highest BCUT2D eigenvalue weighted by molar-refractivity contribution is 5.74. The summed E-state index contributed by atoms with van der Waals surface area (Å²) < 4.78 is 26.9. The van der Waals surface area contributed by atoms with Crippen molar-refractivity contribution in [3.05, 3.63) is 24.0 Å². The predicted octanol–water partition coefficient (Wildman–Crippen LogP) is 2.72. The maximum atomic E-state index is 12.7. The van der Waals surface area contributed by atoms with E-state index >= 15 is 0 Å². The third-order valence-corrected chi connectivity index (χ3v) is 2.47. The Morgan fingerprint density at radius 1 is 1.62 bits per heavy atom. The van der Waals surface area contributed by atoms with E-state index in [0.717, 1.165) is 6.92 Å². The summed E-state index contributed by atoms with van der Waals surface area (Å²) in [5.74, 6) is -4.36. The first-order valence-corrected chi connectivity index (χ1v) is 5.07. The van der Waals surface area contributed by atoms with E-state index in [4.69, 9.17) is 5.11 Å². The summed E-state index contributed by atoms with van der Waals surface area (Å²) in [5.41, 5.74) is 0.553. The summed E-state index contributed by atoms with van der Waals surface area (Å²) in [7, 11) is 0. The Kier molecular flexibility index (Phi) is 3.67. The molecule has 0 aromatic carbocycles. The van der Waals surface area contributed by atoms with Crippen molar-refractivity contribution in [3.8, 4) is 0 Å². The molecule has 3 nitrogen and oxygen atoms in total. The van der Waals surface area contributed by atoms with Crippen molar-refractivity contribution in [3.63, 3.8) is 0 Å². The third-order valence-electron chi connectivity index (χ3n) is 2.47. The van der Waals surface area contributed by atoms with Gasteiger partial charge in [-0.25, -0.2) is 8.78 Å². The molecule has 0 saturated heterocycles. The molecule has 5 heteroatoms. The van der Waals surface area contributed by atoms with Crippen LogP contribution in [0.4, 0.5) is 8.78 Å². The Labute approximate surface area is 92.7 Å². The van der Waals surface area contributed by atoms with Gasteiger partial charge in [-0.1, -0.05) is 0 Å². The molecule has 90 valence electrons. The Hall–Kier alpha value is -1.39. The zero-order valence-electron chi connectivity index (χ0n) is 9.28. The Bertz CT molecular complexity index is 368. The van der Waals surface area contributed by atoms with Crippen LogP contribution in [0.15, 0.2) is 18.3 Å². The molecule has 1 heterocycles. The normalized spacial score (nSPS) is 13.8. The van der Waals surface area contributed by atoms with E-state index < -0.39 is 17.8 Å². The minimum atomic E-state index is -2.73. The molecule has 1 aromatic rings. The first kappa shape index (κ1) is 12.7. The van der Waals surface area contributed by atoms with Crippen molar-refractivity contribution >= 4 is 5.97 Å². The van der Waals surface area contributed by atoms with Crippen LogP contribution in [-0.2, 0) is 11.3 Å². The molecular formula is C11H15F2NO2. The highest BCUT2D eigenvalue weighted by Gasteiger charge is 2.22. The van der Waals surface area contributed by atoms with Crippen LogP contribution >= 0.6 is 0 Å². The number of carboxylic acid groups (broad SMARTS) is 1. The number of aromatic nitrogens is 1. The van der Waals surface area contributed by atoms with Gasteiger partial charge < -0.3 is 9.67 Å². The lowest BCUT2D eigenvalue weighted by Gasteiger charge is -2.15. The molecule has 1 unspecified atom stereocenters. The summed E-state index contributed by atoms with van der Waals surface area (Å²) in [4.78, 5) is 10.8. The van der Waals surface area contributed by atoms with Crippen molar-refractivity contribution in [2.24, 2.45) is 0 Å². The zero-order chi connectivity index (χ0) is 12.3. The van der Waals surface area contributed by atoms with Crippen LogP contribution in [-0.4, -0.2) is 21.6 Å². The number of carbonyl (C=O) groups is 1. The molecule has 0 spiro atoms. The fraction of sp³-hybridized carbons (Fsp3) is 0.545. The van der Waals surface area contributed by atoms with Crippen LogP contribution in [0.1, 0.15) is 31.9 Å². The highest BCUT2D eigenvalue weighted by atomic mass is 19.3. The van der Waals surface area contributed by atoms with Gasteiger partial charge in [0, 0.05) is 24.9 Å². The smallest absolute Gasteiger partial charge is 0.312 e. The number of aryl methyl sites for hydroxylation is 1. The molecule has 0 saturated carbocycles. The Morgan fingerprint density at radius 2 is 2.25 bits per heavy atom. The monoisotopic (exact) mass is 231 g/mol. The quantitative estimate of drug-likeness (QED) is 0.846. The first-order valence-electron chi connectivity index (χ1n) is 5.07. The number of rotatable bonds is 5. The predicted molar refractivity (Wildman–Crippen MR) is 55.7 cm³/mol. The van der Waals surface area contributed by atoms with Crippen LogP contribution in [0.5, 0.6) is 0 Å². The van der Waals surface area contributed by atoms with Crippen molar-refractivity contribution < 1.29 is 18.7 Å². The van der Waals surface area contributed by atoms with Crippen molar-refractivity contribution in [2.75, 3.05) is 0 Å². The fourth-order valence-corrected chi connectivity index (χ4v) is 1.47. The standard InChI is InChI=1S/C11H15F2NO2/c1-8(10(15)16)9-4-3-6-14(9)7-5-11(2,12)13/h3-4,6,8H,5,7H2,1-2H3,(H,15,16). The highest BCUT2D eigenvalue weighted by Crippen LogP contribution is 2.21. The van der Waals surface area contributed by atoms with Crippen LogP contribution in [0.25, 0.3) is 0 Å². The molecule has 0 fully saturated rings. The lowest BCUT2D eigenvalue weighted by atomic mass is 10.1. The number of hydrogen-bond acceptors (Lipinski definition) is 1. The van der Waals surface area contributed by atoms with Crippen molar-refractivity contribution in [1.29, 1.82) is 0 Å². The van der Waals surface area contributed by atoms with E-state index in [9.17, 15) is 13.6 Å². The van der Waals surface area contributed by atoms with Gasteiger partial charge in [-0.3, -0.25) is 4.79 Å². The van der Waals surface area contributed by atoms with E-state index in [0.29, 0.717) is 5.69 Å². The zero-order valence-corrected chi connectivity index (χ0v) is 9.28. The van der Waals surface area contributed by atoms with Gasteiger partial charge in [0.1, 0.15) is 0 Å². The molecule has 0 aliphatic heterocycles. The average Bonchev–Trinajstić information content (AvgIpc) is 2.59. The van der Waals surface area contributed by atoms with Gasteiger partial charge in [0.15, 0.2) is 0 Å². The fourth-order valence-electron chi connectivity index (χ4n) is 1.47. The number of hydrogen-bond donors (Lipinski definition) is 1. The van der Waals surface area contributed by atoms with Gasteiger partial charge in [-0.2, -0.15) is 0 Å². The Morgan fingerprint density at radius 3 is 2.75 bits per heavy atom. The number of halogens is 2. The molecule has 0 radical (unpaired) electrons. The van der Waals surface area contributed by atoms with Gasteiger partial charge in [-0.05, 0) is 26.0 Å². The maximum Gasteiger partial charge on any atom is 0.312 e. The average molecular weight is 231 g/mol. The maximum absolute atomic E-state index is 12.7. The summed E-state index contributed by atoms with van der Waals surface area (Å²) in [6.45, 7) is 2.53. The van der Waals surface area contributed by atoms with E-state index in [2.05, 4.69) is 0 Å². The number of nitrogens with zero attached hydrogens (tertiary/aromatic N) is 1. The van der Waals surface area contributed by atoms with E-state index in [1.165, 1.54) is 6.92 Å². The van der Waals surface area contributed by atoms with Gasteiger partial charge in [0.25, 0.3) is 0 Å². The van der Waals surface area contributed by atoms with Gasteiger partial charge in [0.2, 0.25) is 5.92 Å². The molecule has 0 amide bonds. The van der Waals surface area contributed by atoms with Gasteiger partial charge in [0.05, 0.1) is 5.92 Å². The molecule has 1 rings (SSSR count). The second-order valence-corrected chi connectivity index (χ2v) is 4.01. The SMILES string of the molecule is CC(C(=O)O)c1cccn1CCC(C)(F)F. The van der Waals surface area contributed by atoms with Crippen molar-refractivity contribution in [2.45, 2.75) is 38.7 Å². The van der Waals surface area contributed by atoms with E-state index in [1.807, 2.05) is 0 Å².